The molecule has 1 aliphatic rings. The number of rotatable bonds is 6. The number of nitrogens with zero attached hydrogens (tertiary/aromatic N) is 1. The largest absolute Gasteiger partial charge is 0.244 e. The summed E-state index contributed by atoms with van der Waals surface area (Å²) in [7, 11) is -3.57. The van der Waals surface area contributed by atoms with Gasteiger partial charge in [0.1, 0.15) is 0 Å². The van der Waals surface area contributed by atoms with Crippen molar-refractivity contribution in [2.75, 3.05) is 13.1 Å². The van der Waals surface area contributed by atoms with Gasteiger partial charge in [0.25, 0.3) is 0 Å². The zero-order valence-corrected chi connectivity index (χ0v) is 15.7. The van der Waals surface area contributed by atoms with Gasteiger partial charge in [-0.3, -0.25) is 0 Å². The molecule has 0 spiro atoms. The van der Waals surface area contributed by atoms with E-state index in [1.165, 1.54) is 17.1 Å². The fourth-order valence-electron chi connectivity index (χ4n) is 2.52. The highest BCUT2D eigenvalue weighted by molar-refractivity contribution is 7.89. The molecule has 1 fully saturated rings. The van der Waals surface area contributed by atoms with Gasteiger partial charge in [-0.25, -0.2) is 8.42 Å². The van der Waals surface area contributed by atoms with Crippen LogP contribution in [0.4, 0.5) is 0 Å². The first kappa shape index (κ1) is 18.4. The lowest BCUT2D eigenvalue weighted by Crippen LogP contribution is -2.31. The predicted molar refractivity (Wildman–Crippen MR) is 105 cm³/mol. The Labute approximate surface area is 156 Å². The van der Waals surface area contributed by atoms with Crippen LogP contribution in [0.3, 0.4) is 0 Å². The lowest BCUT2D eigenvalue weighted by atomic mass is 10.2. The van der Waals surface area contributed by atoms with Gasteiger partial charge in [-0.15, -0.1) is 0 Å². The number of allylic oxidation sites excluding steroid dienone is 1. The van der Waals surface area contributed by atoms with Crippen LogP contribution in [-0.4, -0.2) is 25.8 Å². The normalized spacial score (nSPS) is 14.4. The Bertz CT molecular complexity index is 916. The van der Waals surface area contributed by atoms with Crippen molar-refractivity contribution in [2.24, 2.45) is 5.92 Å². The minimum absolute atomic E-state index is 0.167. The van der Waals surface area contributed by atoms with Gasteiger partial charge < -0.3 is 0 Å². The van der Waals surface area contributed by atoms with Gasteiger partial charge in [0, 0.05) is 12.1 Å². The van der Waals surface area contributed by atoms with E-state index in [0.29, 0.717) is 17.4 Å². The topological polar surface area (TPSA) is 37.4 Å². The van der Waals surface area contributed by atoms with Crippen molar-refractivity contribution < 1.29 is 8.42 Å². The molecular formula is C22H23NO2S. The summed E-state index contributed by atoms with van der Waals surface area (Å²) < 4.78 is 27.4. The molecule has 0 aliphatic heterocycles. The molecule has 3 rings (SSSR count). The Morgan fingerprint density at radius 3 is 2.42 bits per heavy atom. The van der Waals surface area contributed by atoms with Gasteiger partial charge in [-0.2, -0.15) is 4.31 Å². The van der Waals surface area contributed by atoms with Crippen molar-refractivity contribution in [3.05, 3.63) is 77.9 Å². The van der Waals surface area contributed by atoms with Crippen LogP contribution in [0.15, 0.2) is 71.6 Å². The summed E-state index contributed by atoms with van der Waals surface area (Å²) in [6, 6.07) is 16.6. The SMILES string of the molecule is Cc1ccc(S(=O)(=O)N(CC#Cc2ccccc2)C/C=C/C2CC2)cc1. The van der Waals surface area contributed by atoms with Crippen molar-refractivity contribution in [1.29, 1.82) is 0 Å². The van der Waals surface area contributed by atoms with Crippen molar-refractivity contribution >= 4 is 10.0 Å². The molecule has 0 aromatic heterocycles. The maximum absolute atomic E-state index is 13.0. The number of benzene rings is 2. The molecule has 26 heavy (non-hydrogen) atoms. The van der Waals surface area contributed by atoms with Crippen LogP contribution in [0.5, 0.6) is 0 Å². The van der Waals surface area contributed by atoms with Gasteiger partial charge in [0.05, 0.1) is 11.4 Å². The molecule has 1 saturated carbocycles. The van der Waals surface area contributed by atoms with E-state index in [0.717, 1.165) is 11.1 Å². The second kappa shape index (κ2) is 8.35. The Hall–Kier alpha value is -2.35. The van der Waals surface area contributed by atoms with Crippen LogP contribution < -0.4 is 0 Å². The van der Waals surface area contributed by atoms with E-state index in [4.69, 9.17) is 0 Å². The zero-order chi connectivity index (χ0) is 18.4. The van der Waals surface area contributed by atoms with Crippen LogP contribution in [-0.2, 0) is 10.0 Å². The Morgan fingerprint density at radius 2 is 1.77 bits per heavy atom. The molecule has 134 valence electrons. The number of sulfonamides is 1. The fraction of sp³-hybridized carbons (Fsp3) is 0.273. The van der Waals surface area contributed by atoms with Crippen LogP contribution in [0, 0.1) is 24.7 Å². The summed E-state index contributed by atoms with van der Waals surface area (Å²) in [5, 5.41) is 0. The smallest absolute Gasteiger partial charge is 0.207 e. The molecule has 0 atom stereocenters. The zero-order valence-electron chi connectivity index (χ0n) is 14.9. The van der Waals surface area contributed by atoms with E-state index in [-0.39, 0.29) is 6.54 Å². The molecule has 2 aromatic carbocycles. The molecular weight excluding hydrogens is 342 g/mol. The van der Waals surface area contributed by atoms with E-state index in [1.807, 2.05) is 55.5 Å². The average molecular weight is 365 g/mol. The molecule has 0 saturated heterocycles. The first-order chi connectivity index (χ1) is 12.6. The summed E-state index contributed by atoms with van der Waals surface area (Å²) >= 11 is 0. The van der Waals surface area contributed by atoms with Crippen LogP contribution in [0.2, 0.25) is 0 Å². The first-order valence-electron chi connectivity index (χ1n) is 8.83. The van der Waals surface area contributed by atoms with E-state index in [2.05, 4.69) is 17.9 Å². The maximum Gasteiger partial charge on any atom is 0.244 e. The molecule has 3 nitrogen and oxygen atoms in total. The second-order valence-corrected chi connectivity index (χ2v) is 8.48. The molecule has 0 bridgehead atoms. The van der Waals surface area contributed by atoms with Gasteiger partial charge in [-0.05, 0) is 49.9 Å². The van der Waals surface area contributed by atoms with Crippen LogP contribution >= 0.6 is 0 Å². The summed E-state index contributed by atoms with van der Waals surface area (Å²) in [6.45, 7) is 2.45. The van der Waals surface area contributed by atoms with Gasteiger partial charge in [0.2, 0.25) is 10.0 Å². The quantitative estimate of drug-likeness (QED) is 0.573. The third-order valence-corrected chi connectivity index (χ3v) is 6.09. The van der Waals surface area contributed by atoms with Crippen molar-refractivity contribution in [3.8, 4) is 11.8 Å². The molecule has 2 aromatic rings. The third kappa shape index (κ3) is 5.08. The van der Waals surface area contributed by atoms with E-state index in [9.17, 15) is 8.42 Å². The summed E-state index contributed by atoms with van der Waals surface area (Å²) in [5.41, 5.74) is 1.92. The molecule has 0 radical (unpaired) electrons. The van der Waals surface area contributed by atoms with Gasteiger partial charge in [0.15, 0.2) is 0 Å². The standard InChI is InChI=1S/C22H23NO2S/c1-19-11-15-22(16-12-19)26(24,25)23(18-6-10-21-13-14-21)17-5-9-20-7-3-2-4-8-20/h2-4,6-8,10-12,15-16,21H,13-14,17-18H2,1H3/b10-6+. The van der Waals surface area contributed by atoms with E-state index in [1.54, 1.807) is 12.1 Å². The van der Waals surface area contributed by atoms with Gasteiger partial charge >= 0.3 is 0 Å². The van der Waals surface area contributed by atoms with E-state index >= 15 is 0 Å². The lowest BCUT2D eigenvalue weighted by molar-refractivity contribution is 0.477. The fourth-order valence-corrected chi connectivity index (χ4v) is 3.81. The minimum Gasteiger partial charge on any atom is -0.207 e. The number of hydrogen-bond acceptors (Lipinski definition) is 2. The second-order valence-electron chi connectivity index (χ2n) is 6.54. The highest BCUT2D eigenvalue weighted by atomic mass is 32.2. The molecule has 0 amide bonds. The monoisotopic (exact) mass is 365 g/mol. The third-order valence-electron chi connectivity index (χ3n) is 4.26. The van der Waals surface area contributed by atoms with Crippen molar-refractivity contribution in [2.45, 2.75) is 24.7 Å². The number of hydrogen-bond donors (Lipinski definition) is 0. The predicted octanol–water partition coefficient (Wildman–Crippen LogP) is 4.00. The van der Waals surface area contributed by atoms with Gasteiger partial charge in [-0.1, -0.05) is 59.9 Å². The summed E-state index contributed by atoms with van der Waals surface area (Å²) in [4.78, 5) is 0.310. The average Bonchev–Trinajstić information content (AvgIpc) is 3.46. The Kier molecular flexibility index (Phi) is 5.92. The first-order valence-corrected chi connectivity index (χ1v) is 10.3. The lowest BCUT2D eigenvalue weighted by Gasteiger charge is -2.18. The van der Waals surface area contributed by atoms with Crippen molar-refractivity contribution in [3.63, 3.8) is 0 Å². The van der Waals surface area contributed by atoms with E-state index < -0.39 is 10.0 Å². The van der Waals surface area contributed by atoms with Crippen LogP contribution in [0.1, 0.15) is 24.0 Å². The maximum atomic E-state index is 13.0. The number of aryl methyl sites for hydroxylation is 1. The summed E-state index contributed by atoms with van der Waals surface area (Å²) in [5.74, 6) is 6.66. The van der Waals surface area contributed by atoms with Crippen molar-refractivity contribution in [1.82, 2.24) is 4.31 Å². The molecule has 1 aliphatic carbocycles. The Morgan fingerprint density at radius 1 is 1.08 bits per heavy atom. The molecule has 0 N–H and O–H groups in total. The van der Waals surface area contributed by atoms with Crippen LogP contribution in [0.25, 0.3) is 0 Å². The molecule has 0 heterocycles. The Balaban J connectivity index is 1.79. The summed E-state index contributed by atoms with van der Waals surface area (Å²) in [6.07, 6.45) is 6.47. The molecule has 0 unspecified atom stereocenters. The highest BCUT2D eigenvalue weighted by Crippen LogP contribution is 2.30. The highest BCUT2D eigenvalue weighted by Gasteiger charge is 2.23. The minimum atomic E-state index is -3.57. The molecule has 4 heteroatoms.